The van der Waals surface area contributed by atoms with Gasteiger partial charge in [-0.2, -0.15) is 0 Å². The maximum absolute atomic E-state index is 13.2. The van der Waals surface area contributed by atoms with E-state index >= 15 is 0 Å². The summed E-state index contributed by atoms with van der Waals surface area (Å²) in [5, 5.41) is 10.0. The third-order valence-corrected chi connectivity index (χ3v) is 8.55. The molecule has 1 aromatic heterocycles. The number of aryl methyl sites for hydroxylation is 2. The van der Waals surface area contributed by atoms with Crippen LogP contribution in [-0.2, 0) is 28.9 Å². The predicted molar refractivity (Wildman–Crippen MR) is 139 cm³/mol. The van der Waals surface area contributed by atoms with Gasteiger partial charge in [0.05, 0.1) is 12.0 Å². The molecular formula is C30H37N3O4. The van der Waals surface area contributed by atoms with E-state index < -0.39 is 12.0 Å². The van der Waals surface area contributed by atoms with Crippen LogP contribution in [0.5, 0.6) is 5.75 Å². The molecule has 3 heterocycles. The first-order chi connectivity index (χ1) is 18.0. The first-order valence-corrected chi connectivity index (χ1v) is 14.0. The average Bonchev–Trinajstić information content (AvgIpc) is 3.70. The van der Waals surface area contributed by atoms with Crippen LogP contribution in [0.2, 0.25) is 0 Å². The summed E-state index contributed by atoms with van der Waals surface area (Å²) in [7, 11) is 0. The van der Waals surface area contributed by atoms with Gasteiger partial charge in [0, 0.05) is 43.1 Å². The lowest BCUT2D eigenvalue weighted by Crippen LogP contribution is -2.57. The molecule has 2 aliphatic carbocycles. The Morgan fingerprint density at radius 2 is 1.76 bits per heavy atom. The van der Waals surface area contributed by atoms with Crippen LogP contribution in [0.3, 0.4) is 0 Å². The minimum absolute atomic E-state index is 0.128. The van der Waals surface area contributed by atoms with Gasteiger partial charge in [0.1, 0.15) is 11.8 Å². The Bertz CT molecular complexity index is 1150. The van der Waals surface area contributed by atoms with Crippen molar-refractivity contribution < 1.29 is 19.4 Å². The van der Waals surface area contributed by atoms with Gasteiger partial charge in [0.15, 0.2) is 0 Å². The van der Waals surface area contributed by atoms with Crippen LogP contribution in [0.25, 0.3) is 0 Å². The molecule has 1 amide bonds. The molecule has 1 saturated carbocycles. The summed E-state index contributed by atoms with van der Waals surface area (Å²) in [6, 6.07) is 11.1. The quantitative estimate of drug-likeness (QED) is 0.586. The fourth-order valence-electron chi connectivity index (χ4n) is 6.20. The fourth-order valence-corrected chi connectivity index (χ4v) is 6.20. The Kier molecular flexibility index (Phi) is 6.89. The summed E-state index contributed by atoms with van der Waals surface area (Å²) in [6.45, 7) is 2.52. The molecule has 1 atom stereocenters. The van der Waals surface area contributed by atoms with Gasteiger partial charge < -0.3 is 14.7 Å². The van der Waals surface area contributed by atoms with Crippen LogP contribution in [-0.4, -0.2) is 64.0 Å². The lowest BCUT2D eigenvalue weighted by molar-refractivity contribution is -0.153. The van der Waals surface area contributed by atoms with Crippen molar-refractivity contribution in [1.82, 2.24) is 14.8 Å². The SMILES string of the molecule is O=C(O)C(c1ccccc1OC1CC1)N1CC(C(=O)N2CCC(Cc3ccc4c(n3)CCCC4)CC2)C1. The number of rotatable bonds is 8. The number of aliphatic carboxylic acids is 1. The van der Waals surface area contributed by atoms with Crippen molar-refractivity contribution in [3.8, 4) is 5.75 Å². The van der Waals surface area contributed by atoms with Crippen molar-refractivity contribution in [3.63, 3.8) is 0 Å². The zero-order valence-electron chi connectivity index (χ0n) is 21.5. The van der Waals surface area contributed by atoms with Gasteiger partial charge in [-0.15, -0.1) is 0 Å². The number of likely N-dealkylation sites (tertiary alicyclic amines) is 2. The number of aromatic nitrogens is 1. The minimum Gasteiger partial charge on any atom is -0.490 e. The summed E-state index contributed by atoms with van der Waals surface area (Å²) in [6.07, 6.45) is 10.0. The highest BCUT2D eigenvalue weighted by Gasteiger charge is 2.43. The zero-order valence-corrected chi connectivity index (χ0v) is 21.5. The number of hydrogen-bond acceptors (Lipinski definition) is 5. The average molecular weight is 504 g/mol. The molecule has 1 unspecified atom stereocenters. The molecule has 0 bridgehead atoms. The Balaban J connectivity index is 1.01. The van der Waals surface area contributed by atoms with Gasteiger partial charge in [-0.25, -0.2) is 0 Å². The highest BCUT2D eigenvalue weighted by atomic mass is 16.5. The lowest BCUT2D eigenvalue weighted by atomic mass is 9.88. The number of carboxylic acid groups (broad SMARTS) is 1. The van der Waals surface area contributed by atoms with Crippen molar-refractivity contribution in [3.05, 3.63) is 58.9 Å². The second-order valence-electron chi connectivity index (χ2n) is 11.3. The van der Waals surface area contributed by atoms with Crippen molar-refractivity contribution in [2.24, 2.45) is 11.8 Å². The predicted octanol–water partition coefficient (Wildman–Crippen LogP) is 4.04. The molecule has 2 aromatic rings. The van der Waals surface area contributed by atoms with E-state index in [2.05, 4.69) is 12.1 Å². The number of ether oxygens (including phenoxy) is 1. The number of piperidine rings is 1. The zero-order chi connectivity index (χ0) is 25.4. The molecule has 2 aliphatic heterocycles. The molecular weight excluding hydrogens is 466 g/mol. The summed E-state index contributed by atoms with van der Waals surface area (Å²) in [5.41, 5.74) is 4.61. The third-order valence-electron chi connectivity index (χ3n) is 8.55. The maximum atomic E-state index is 13.2. The maximum Gasteiger partial charge on any atom is 0.325 e. The molecule has 4 aliphatic rings. The molecule has 1 N–H and O–H groups in total. The number of amides is 1. The van der Waals surface area contributed by atoms with E-state index in [1.807, 2.05) is 34.1 Å². The highest BCUT2D eigenvalue weighted by molar-refractivity contribution is 5.82. The number of hydrogen-bond donors (Lipinski definition) is 1. The molecule has 6 rings (SSSR count). The normalized spacial score (nSPS) is 21.7. The number of carboxylic acids is 1. The van der Waals surface area contributed by atoms with Crippen LogP contribution in [0, 0.1) is 11.8 Å². The third kappa shape index (κ3) is 5.37. The Hall–Kier alpha value is -2.93. The van der Waals surface area contributed by atoms with E-state index in [0.717, 1.165) is 58.0 Å². The molecule has 196 valence electrons. The minimum atomic E-state index is -0.894. The van der Waals surface area contributed by atoms with E-state index in [1.165, 1.54) is 29.8 Å². The summed E-state index contributed by atoms with van der Waals surface area (Å²) < 4.78 is 5.99. The number of para-hydroxylation sites is 1. The van der Waals surface area contributed by atoms with Gasteiger partial charge in [0.25, 0.3) is 0 Å². The van der Waals surface area contributed by atoms with Gasteiger partial charge in [0.2, 0.25) is 5.91 Å². The van der Waals surface area contributed by atoms with Crippen molar-refractivity contribution in [2.75, 3.05) is 26.2 Å². The van der Waals surface area contributed by atoms with Gasteiger partial charge in [-0.3, -0.25) is 19.5 Å². The van der Waals surface area contributed by atoms with E-state index in [0.29, 0.717) is 30.3 Å². The molecule has 7 heteroatoms. The standard InChI is InChI=1S/C30H37N3O4/c34-29(32-15-13-20(14-16-32)17-23-10-9-21-5-1-3-7-26(21)31-23)22-18-33(19-22)28(30(35)36)25-6-2-4-8-27(25)37-24-11-12-24/h2,4,6,8-10,20,22,24,28H,1,3,5,7,11-19H2,(H,35,36). The fraction of sp³-hybridized carbons (Fsp3) is 0.567. The Morgan fingerprint density at radius 3 is 2.51 bits per heavy atom. The second-order valence-corrected chi connectivity index (χ2v) is 11.3. The highest BCUT2D eigenvalue weighted by Crippen LogP contribution is 2.37. The molecule has 0 spiro atoms. The Labute approximate surface area is 218 Å². The molecule has 37 heavy (non-hydrogen) atoms. The summed E-state index contributed by atoms with van der Waals surface area (Å²) in [5.74, 6) is 0.373. The van der Waals surface area contributed by atoms with Gasteiger partial charge in [-0.1, -0.05) is 24.3 Å². The largest absolute Gasteiger partial charge is 0.490 e. The monoisotopic (exact) mass is 503 g/mol. The van der Waals surface area contributed by atoms with Crippen LogP contribution in [0.15, 0.2) is 36.4 Å². The molecule has 0 radical (unpaired) electrons. The number of carbonyl (C=O) groups is 2. The number of fused-ring (bicyclic) bond motifs is 1. The van der Waals surface area contributed by atoms with Crippen molar-refractivity contribution >= 4 is 11.9 Å². The summed E-state index contributed by atoms with van der Waals surface area (Å²) in [4.78, 5) is 34.3. The van der Waals surface area contributed by atoms with Crippen LogP contribution in [0.4, 0.5) is 0 Å². The Morgan fingerprint density at radius 1 is 1.00 bits per heavy atom. The van der Waals surface area contributed by atoms with Crippen LogP contribution < -0.4 is 4.74 Å². The van der Waals surface area contributed by atoms with Crippen molar-refractivity contribution in [2.45, 2.75) is 69.9 Å². The number of nitrogens with zero attached hydrogens (tertiary/aromatic N) is 3. The first-order valence-electron chi connectivity index (χ1n) is 14.0. The number of carbonyl (C=O) groups excluding carboxylic acids is 1. The molecule has 7 nitrogen and oxygen atoms in total. The first kappa shape index (κ1) is 24.4. The molecule has 3 fully saturated rings. The summed E-state index contributed by atoms with van der Waals surface area (Å²) >= 11 is 0. The van der Waals surface area contributed by atoms with Gasteiger partial charge >= 0.3 is 5.97 Å². The van der Waals surface area contributed by atoms with E-state index in [1.54, 1.807) is 0 Å². The van der Waals surface area contributed by atoms with Gasteiger partial charge in [-0.05, 0) is 81.4 Å². The number of benzene rings is 1. The topological polar surface area (TPSA) is 83.0 Å². The van der Waals surface area contributed by atoms with Crippen molar-refractivity contribution in [1.29, 1.82) is 0 Å². The van der Waals surface area contributed by atoms with E-state index in [-0.39, 0.29) is 17.9 Å². The van der Waals surface area contributed by atoms with Crippen LogP contribution in [0.1, 0.15) is 67.1 Å². The lowest BCUT2D eigenvalue weighted by Gasteiger charge is -2.44. The second kappa shape index (κ2) is 10.4. The number of pyridine rings is 1. The van der Waals surface area contributed by atoms with E-state index in [9.17, 15) is 14.7 Å². The van der Waals surface area contributed by atoms with E-state index in [4.69, 9.17) is 9.72 Å². The molecule has 1 aromatic carbocycles. The van der Waals surface area contributed by atoms with Crippen LogP contribution >= 0.6 is 0 Å². The smallest absolute Gasteiger partial charge is 0.325 e. The molecule has 2 saturated heterocycles.